The Bertz CT molecular complexity index is 505. The van der Waals surface area contributed by atoms with E-state index in [0.717, 1.165) is 17.9 Å². The van der Waals surface area contributed by atoms with Crippen molar-refractivity contribution < 1.29 is 0 Å². The molecule has 2 heterocycles. The van der Waals surface area contributed by atoms with Gasteiger partial charge in [-0.1, -0.05) is 12.2 Å². The molecular weight excluding hydrogens is 206 g/mol. The number of hydrogen-bond acceptors (Lipinski definition) is 3. The lowest BCUT2D eigenvalue weighted by Gasteiger charge is -2.02. The van der Waals surface area contributed by atoms with Gasteiger partial charge in [0.1, 0.15) is 10.5 Å². The standard InChI is InChI=1S/C11H11N3S/c1-8-6-11(15)14-10(13-8)7-9-2-4-12-5-3-9/h2-6H,7H2,1H3,(H,13,14,15). The second-order valence-corrected chi connectivity index (χ2v) is 3.80. The number of aromatic nitrogens is 3. The topological polar surface area (TPSA) is 41.6 Å². The number of pyridine rings is 1. The molecule has 0 fully saturated rings. The van der Waals surface area contributed by atoms with Gasteiger partial charge < -0.3 is 4.98 Å². The molecule has 0 spiro atoms. The highest BCUT2D eigenvalue weighted by molar-refractivity contribution is 7.71. The third-order valence-corrected chi connectivity index (χ3v) is 2.26. The first-order valence-electron chi connectivity index (χ1n) is 4.70. The number of nitrogens with zero attached hydrogens (tertiary/aromatic N) is 2. The van der Waals surface area contributed by atoms with E-state index in [9.17, 15) is 0 Å². The van der Waals surface area contributed by atoms with Crippen molar-refractivity contribution in [3.05, 3.63) is 52.3 Å². The van der Waals surface area contributed by atoms with Crippen LogP contribution in [0.3, 0.4) is 0 Å². The molecule has 1 N–H and O–H groups in total. The molecule has 0 aromatic carbocycles. The summed E-state index contributed by atoms with van der Waals surface area (Å²) in [6.45, 7) is 1.98. The SMILES string of the molecule is Cc1cc(=S)nc(Cc2ccncc2)[nH]1. The van der Waals surface area contributed by atoms with Crippen molar-refractivity contribution in [3.63, 3.8) is 0 Å². The molecule has 0 aliphatic rings. The summed E-state index contributed by atoms with van der Waals surface area (Å²) in [6.07, 6.45) is 4.31. The minimum atomic E-state index is 0.635. The summed E-state index contributed by atoms with van der Waals surface area (Å²) >= 11 is 5.06. The molecule has 3 nitrogen and oxygen atoms in total. The quantitative estimate of drug-likeness (QED) is 0.785. The third kappa shape index (κ3) is 2.70. The molecule has 76 valence electrons. The van der Waals surface area contributed by atoms with E-state index in [1.54, 1.807) is 12.4 Å². The Hall–Kier alpha value is -1.55. The maximum absolute atomic E-state index is 5.06. The minimum Gasteiger partial charge on any atom is -0.347 e. The molecule has 0 aliphatic heterocycles. The van der Waals surface area contributed by atoms with E-state index >= 15 is 0 Å². The van der Waals surface area contributed by atoms with E-state index in [0.29, 0.717) is 4.64 Å². The fourth-order valence-corrected chi connectivity index (χ4v) is 1.71. The molecule has 0 aliphatic carbocycles. The van der Waals surface area contributed by atoms with Crippen molar-refractivity contribution in [3.8, 4) is 0 Å². The summed E-state index contributed by atoms with van der Waals surface area (Å²) in [6, 6.07) is 5.80. The van der Waals surface area contributed by atoms with Crippen molar-refractivity contribution in [2.45, 2.75) is 13.3 Å². The van der Waals surface area contributed by atoms with Crippen LogP contribution in [-0.4, -0.2) is 15.0 Å². The summed E-state index contributed by atoms with van der Waals surface area (Å²) in [4.78, 5) is 11.4. The fourth-order valence-electron chi connectivity index (χ4n) is 1.42. The average molecular weight is 217 g/mol. The lowest BCUT2D eigenvalue weighted by Crippen LogP contribution is -1.98. The molecule has 15 heavy (non-hydrogen) atoms. The molecule has 2 aromatic rings. The van der Waals surface area contributed by atoms with Gasteiger partial charge in [-0.05, 0) is 30.7 Å². The average Bonchev–Trinajstić information content (AvgIpc) is 2.17. The Morgan fingerprint density at radius 3 is 2.73 bits per heavy atom. The molecule has 2 rings (SSSR count). The third-order valence-electron chi connectivity index (χ3n) is 2.05. The van der Waals surface area contributed by atoms with Gasteiger partial charge in [-0.3, -0.25) is 4.98 Å². The molecule has 0 saturated carbocycles. The van der Waals surface area contributed by atoms with E-state index in [-0.39, 0.29) is 0 Å². The van der Waals surface area contributed by atoms with Crippen LogP contribution in [0.15, 0.2) is 30.6 Å². The molecule has 4 heteroatoms. The predicted octanol–water partition coefficient (Wildman–Crippen LogP) is 2.43. The fraction of sp³-hybridized carbons (Fsp3) is 0.182. The van der Waals surface area contributed by atoms with Crippen LogP contribution in [0.25, 0.3) is 0 Å². The van der Waals surface area contributed by atoms with E-state index in [1.807, 2.05) is 25.1 Å². The highest BCUT2D eigenvalue weighted by Crippen LogP contribution is 2.04. The van der Waals surface area contributed by atoms with Crippen molar-refractivity contribution >= 4 is 12.2 Å². The van der Waals surface area contributed by atoms with Crippen LogP contribution in [-0.2, 0) is 6.42 Å². The Morgan fingerprint density at radius 2 is 2.07 bits per heavy atom. The minimum absolute atomic E-state index is 0.635. The summed E-state index contributed by atoms with van der Waals surface area (Å²) in [5.41, 5.74) is 2.22. The Morgan fingerprint density at radius 1 is 1.33 bits per heavy atom. The number of aromatic amines is 1. The molecular formula is C11H11N3S. The van der Waals surface area contributed by atoms with Crippen LogP contribution in [0, 0.1) is 11.6 Å². The smallest absolute Gasteiger partial charge is 0.129 e. The molecule has 2 aromatic heterocycles. The van der Waals surface area contributed by atoms with Crippen molar-refractivity contribution in [2.24, 2.45) is 0 Å². The molecule has 0 saturated heterocycles. The van der Waals surface area contributed by atoms with E-state index in [4.69, 9.17) is 12.2 Å². The van der Waals surface area contributed by atoms with Crippen molar-refractivity contribution in [2.75, 3.05) is 0 Å². The van der Waals surface area contributed by atoms with Gasteiger partial charge in [0.05, 0.1) is 0 Å². The molecule has 0 atom stereocenters. The van der Waals surface area contributed by atoms with Crippen molar-refractivity contribution in [1.82, 2.24) is 15.0 Å². The number of H-pyrrole nitrogens is 1. The lowest BCUT2D eigenvalue weighted by molar-refractivity contribution is 0.933. The maximum atomic E-state index is 5.06. The zero-order valence-electron chi connectivity index (χ0n) is 8.40. The van der Waals surface area contributed by atoms with Gasteiger partial charge in [-0.25, -0.2) is 4.98 Å². The normalized spacial score (nSPS) is 10.2. The molecule has 0 amide bonds. The van der Waals surface area contributed by atoms with Gasteiger partial charge >= 0.3 is 0 Å². The Kier molecular flexibility index (Phi) is 2.87. The number of hydrogen-bond donors (Lipinski definition) is 1. The summed E-state index contributed by atoms with van der Waals surface area (Å²) < 4.78 is 0.635. The number of nitrogens with one attached hydrogen (secondary N) is 1. The van der Waals surface area contributed by atoms with Crippen molar-refractivity contribution in [1.29, 1.82) is 0 Å². The Balaban J connectivity index is 2.29. The first-order valence-corrected chi connectivity index (χ1v) is 5.10. The highest BCUT2D eigenvalue weighted by Gasteiger charge is 1.98. The van der Waals surface area contributed by atoms with Crippen LogP contribution in [0.5, 0.6) is 0 Å². The lowest BCUT2D eigenvalue weighted by atomic mass is 10.2. The van der Waals surface area contributed by atoms with E-state index < -0.39 is 0 Å². The first kappa shape index (κ1) is 9.98. The summed E-state index contributed by atoms with van der Waals surface area (Å²) in [5.74, 6) is 0.895. The monoisotopic (exact) mass is 217 g/mol. The van der Waals surface area contributed by atoms with Gasteiger partial charge in [-0.15, -0.1) is 0 Å². The van der Waals surface area contributed by atoms with Gasteiger partial charge in [0.15, 0.2) is 0 Å². The van der Waals surface area contributed by atoms with Crippen LogP contribution in [0.4, 0.5) is 0 Å². The zero-order valence-corrected chi connectivity index (χ0v) is 9.21. The van der Waals surface area contributed by atoms with E-state index in [1.165, 1.54) is 5.56 Å². The predicted molar refractivity (Wildman–Crippen MR) is 61.2 cm³/mol. The molecule has 0 bridgehead atoms. The second kappa shape index (κ2) is 4.31. The number of rotatable bonds is 2. The Labute approximate surface area is 93.2 Å². The largest absolute Gasteiger partial charge is 0.347 e. The van der Waals surface area contributed by atoms with Gasteiger partial charge in [-0.2, -0.15) is 0 Å². The zero-order chi connectivity index (χ0) is 10.7. The molecule has 0 radical (unpaired) electrons. The highest BCUT2D eigenvalue weighted by atomic mass is 32.1. The van der Waals surface area contributed by atoms with Crippen LogP contribution >= 0.6 is 12.2 Å². The summed E-state index contributed by atoms with van der Waals surface area (Å²) in [7, 11) is 0. The van der Waals surface area contributed by atoms with Gasteiger partial charge in [0, 0.05) is 24.5 Å². The van der Waals surface area contributed by atoms with E-state index in [2.05, 4.69) is 15.0 Å². The van der Waals surface area contributed by atoms with Gasteiger partial charge in [0.25, 0.3) is 0 Å². The summed E-state index contributed by atoms with van der Waals surface area (Å²) in [5, 5.41) is 0. The van der Waals surface area contributed by atoms with Gasteiger partial charge in [0.2, 0.25) is 0 Å². The molecule has 0 unspecified atom stereocenters. The number of aryl methyl sites for hydroxylation is 1. The second-order valence-electron chi connectivity index (χ2n) is 3.38. The first-order chi connectivity index (χ1) is 7.24. The van der Waals surface area contributed by atoms with Crippen LogP contribution in [0.1, 0.15) is 17.1 Å². The van der Waals surface area contributed by atoms with Crippen LogP contribution in [0.2, 0.25) is 0 Å². The van der Waals surface area contributed by atoms with Crippen LogP contribution < -0.4 is 0 Å². The maximum Gasteiger partial charge on any atom is 0.129 e.